The summed E-state index contributed by atoms with van der Waals surface area (Å²) >= 11 is 30.9. The first-order valence-corrected chi connectivity index (χ1v) is 16.2. The molecule has 0 fully saturated rings. The van der Waals surface area contributed by atoms with Crippen molar-refractivity contribution in [3.05, 3.63) is 126 Å². The molecule has 3 aliphatic rings. The van der Waals surface area contributed by atoms with E-state index in [9.17, 15) is 19.8 Å². The zero-order valence-electron chi connectivity index (χ0n) is 23.5. The highest BCUT2D eigenvalue weighted by Crippen LogP contribution is 2.51. The van der Waals surface area contributed by atoms with Crippen LogP contribution < -0.4 is 10.6 Å². The summed E-state index contributed by atoms with van der Waals surface area (Å²) in [4.78, 5) is 23.2. The van der Waals surface area contributed by atoms with Gasteiger partial charge in [0.25, 0.3) is 0 Å². The largest absolute Gasteiger partial charge is 0.480 e. The lowest BCUT2D eigenvalue weighted by atomic mass is 9.67. The van der Waals surface area contributed by atoms with Gasteiger partial charge in [-0.05, 0) is 72.4 Å². The number of benzene rings is 4. The molecule has 6 nitrogen and oxygen atoms in total. The highest BCUT2D eigenvalue weighted by Gasteiger charge is 2.44. The summed E-state index contributed by atoms with van der Waals surface area (Å²) in [5, 5.41) is 27.9. The average molecular weight is 705 g/mol. The number of anilines is 2. The maximum Gasteiger partial charge on any atom is 0.326 e. The van der Waals surface area contributed by atoms with Crippen LogP contribution in [0.1, 0.15) is 52.5 Å². The fraction of sp³-hybridized carbons (Fsp3) is 0.235. The van der Waals surface area contributed by atoms with Crippen LogP contribution in [0, 0.1) is 5.92 Å². The second kappa shape index (κ2) is 12.9. The summed E-state index contributed by atoms with van der Waals surface area (Å²) in [6, 6.07) is 21.2. The van der Waals surface area contributed by atoms with Gasteiger partial charge >= 0.3 is 11.9 Å². The highest BCUT2D eigenvalue weighted by atomic mass is 35.5. The molecule has 45 heavy (non-hydrogen) atoms. The van der Waals surface area contributed by atoms with Crippen LogP contribution in [-0.4, -0.2) is 34.2 Å². The highest BCUT2D eigenvalue weighted by molar-refractivity contribution is 6.36. The Balaban J connectivity index is 0.000000159. The molecular formula is C34H27Cl5N2O4. The first kappa shape index (κ1) is 31.8. The number of aliphatic carboxylic acids is 2. The summed E-state index contributed by atoms with van der Waals surface area (Å²) in [5.74, 6) is -1.89. The van der Waals surface area contributed by atoms with Crippen molar-refractivity contribution in [3.8, 4) is 0 Å². The summed E-state index contributed by atoms with van der Waals surface area (Å²) < 4.78 is 0. The fourth-order valence-corrected chi connectivity index (χ4v) is 8.23. The Kier molecular flexibility index (Phi) is 9.15. The second-order valence-corrected chi connectivity index (χ2v) is 13.5. The van der Waals surface area contributed by atoms with Crippen molar-refractivity contribution in [2.45, 2.75) is 43.2 Å². The molecule has 0 saturated heterocycles. The maximum atomic E-state index is 11.8. The van der Waals surface area contributed by atoms with Gasteiger partial charge < -0.3 is 20.8 Å². The predicted molar refractivity (Wildman–Crippen MR) is 181 cm³/mol. The van der Waals surface area contributed by atoms with Gasteiger partial charge in [-0.25, -0.2) is 9.59 Å². The topological polar surface area (TPSA) is 98.7 Å². The van der Waals surface area contributed by atoms with Crippen LogP contribution in [0.4, 0.5) is 11.4 Å². The number of hydrogen-bond acceptors (Lipinski definition) is 4. The number of halogens is 5. The Morgan fingerprint density at radius 1 is 0.711 bits per heavy atom. The van der Waals surface area contributed by atoms with Crippen LogP contribution in [0.3, 0.4) is 0 Å². The third-order valence-corrected chi connectivity index (χ3v) is 10.1. The summed E-state index contributed by atoms with van der Waals surface area (Å²) in [5.41, 5.74) is 6.65. The van der Waals surface area contributed by atoms with E-state index in [1.165, 1.54) is 11.1 Å². The van der Waals surface area contributed by atoms with E-state index >= 15 is 0 Å². The van der Waals surface area contributed by atoms with Crippen LogP contribution >= 0.6 is 58.0 Å². The number of nitrogens with one attached hydrogen (secondary N) is 2. The van der Waals surface area contributed by atoms with Gasteiger partial charge in [0.2, 0.25) is 0 Å². The van der Waals surface area contributed by atoms with Crippen molar-refractivity contribution < 1.29 is 19.8 Å². The van der Waals surface area contributed by atoms with Crippen molar-refractivity contribution in [2.24, 2.45) is 5.92 Å². The molecule has 5 atom stereocenters. The molecule has 7 rings (SSSR count). The third kappa shape index (κ3) is 6.32. The van der Waals surface area contributed by atoms with E-state index in [1.807, 2.05) is 24.3 Å². The van der Waals surface area contributed by atoms with Crippen LogP contribution in [-0.2, 0) is 16.0 Å². The van der Waals surface area contributed by atoms with Crippen LogP contribution in [0.5, 0.6) is 0 Å². The van der Waals surface area contributed by atoms with E-state index in [-0.39, 0.29) is 17.8 Å². The zero-order valence-corrected chi connectivity index (χ0v) is 27.3. The summed E-state index contributed by atoms with van der Waals surface area (Å²) in [7, 11) is 0. The van der Waals surface area contributed by atoms with Crippen molar-refractivity contribution in [2.75, 3.05) is 10.6 Å². The van der Waals surface area contributed by atoms with Crippen LogP contribution in [0.25, 0.3) is 0 Å². The lowest BCUT2D eigenvalue weighted by molar-refractivity contribution is -0.140. The van der Waals surface area contributed by atoms with Gasteiger partial charge in [-0.1, -0.05) is 94.4 Å². The Hall–Kier alpha value is -3.13. The molecule has 4 aromatic rings. The number of carboxylic acids is 2. The minimum Gasteiger partial charge on any atom is -0.480 e. The maximum absolute atomic E-state index is 11.8. The first-order valence-electron chi connectivity index (χ1n) is 14.3. The van der Waals surface area contributed by atoms with Gasteiger partial charge in [-0.3, -0.25) is 0 Å². The van der Waals surface area contributed by atoms with Gasteiger partial charge in [0.1, 0.15) is 12.1 Å². The van der Waals surface area contributed by atoms with Crippen molar-refractivity contribution >= 4 is 81.3 Å². The van der Waals surface area contributed by atoms with Gasteiger partial charge in [-0.2, -0.15) is 0 Å². The molecule has 0 radical (unpaired) electrons. The third-order valence-electron chi connectivity index (χ3n) is 8.79. The number of hydrogen-bond donors (Lipinski definition) is 4. The first-order chi connectivity index (χ1) is 21.5. The van der Waals surface area contributed by atoms with Crippen molar-refractivity contribution in [1.29, 1.82) is 0 Å². The van der Waals surface area contributed by atoms with E-state index < -0.39 is 24.0 Å². The molecule has 1 aliphatic carbocycles. The quantitative estimate of drug-likeness (QED) is 0.170. The molecule has 0 spiro atoms. The van der Waals surface area contributed by atoms with E-state index in [1.54, 1.807) is 36.4 Å². The second-order valence-electron chi connectivity index (χ2n) is 11.4. The number of rotatable bonds is 3. The van der Waals surface area contributed by atoms with E-state index in [0.717, 1.165) is 35.2 Å². The molecule has 232 valence electrons. The van der Waals surface area contributed by atoms with Gasteiger partial charge in [0, 0.05) is 65.4 Å². The average Bonchev–Trinajstić information content (AvgIpc) is 3.00. The monoisotopic (exact) mass is 702 g/mol. The Bertz CT molecular complexity index is 1800. The van der Waals surface area contributed by atoms with Crippen molar-refractivity contribution in [1.82, 2.24) is 0 Å². The fourth-order valence-electron chi connectivity index (χ4n) is 6.87. The molecule has 4 aromatic carbocycles. The molecule has 0 amide bonds. The number of fused-ring (bicyclic) bond motifs is 6. The Labute approximate surface area is 285 Å². The lowest BCUT2D eigenvalue weighted by Gasteiger charge is -2.43. The van der Waals surface area contributed by atoms with E-state index in [4.69, 9.17) is 58.0 Å². The van der Waals surface area contributed by atoms with Gasteiger partial charge in [0.05, 0.1) is 0 Å². The summed E-state index contributed by atoms with van der Waals surface area (Å²) in [6.45, 7) is 0. The molecule has 0 saturated carbocycles. The zero-order chi connectivity index (χ0) is 32.0. The van der Waals surface area contributed by atoms with Crippen molar-refractivity contribution in [3.63, 3.8) is 0 Å². The minimum absolute atomic E-state index is 0.0120. The predicted octanol–water partition coefficient (Wildman–Crippen LogP) is 9.61. The Morgan fingerprint density at radius 2 is 1.33 bits per heavy atom. The standard InChI is InChI=1S/C18H15Cl2NO2.C16H12Cl3NO2/c19-10-7-13(20)16-14(8-10)21-17(18(22)23)12-6-5-9-3-1-2-4-11(9)15(12)16;17-9-3-1-8(2-4-9)11-7-14(16(21)22)20-13-6-10(18)5-12(19)15(11)13/h1-4,7-8,12,15,17,21H,5-6H2,(H,22,23);1-6,11,14,20H,7H2,(H,21,22). The number of carbonyl (C=O) groups is 2. The molecular weight excluding hydrogens is 678 g/mol. The number of aryl methyl sites for hydroxylation is 1. The van der Waals surface area contributed by atoms with Crippen LogP contribution in [0.2, 0.25) is 25.1 Å². The molecule has 0 aromatic heterocycles. The number of carboxylic acid groups (broad SMARTS) is 2. The molecule has 5 unspecified atom stereocenters. The van der Waals surface area contributed by atoms with Gasteiger partial charge in [0.15, 0.2) is 0 Å². The minimum atomic E-state index is -0.902. The molecule has 2 heterocycles. The molecule has 2 aliphatic heterocycles. The van der Waals surface area contributed by atoms with E-state index in [2.05, 4.69) is 22.8 Å². The normalized spacial score (nSPS) is 22.6. The molecule has 11 heteroatoms. The molecule has 0 bridgehead atoms. The lowest BCUT2D eigenvalue weighted by Crippen LogP contribution is -2.45. The molecule has 4 N–H and O–H groups in total. The van der Waals surface area contributed by atoms with Gasteiger partial charge in [-0.15, -0.1) is 0 Å². The summed E-state index contributed by atoms with van der Waals surface area (Å²) in [6.07, 6.45) is 2.12. The van der Waals surface area contributed by atoms with E-state index in [0.29, 0.717) is 37.2 Å². The smallest absolute Gasteiger partial charge is 0.326 e. The van der Waals surface area contributed by atoms with Crippen LogP contribution in [0.15, 0.2) is 72.8 Å². The Morgan fingerprint density at radius 3 is 1.98 bits per heavy atom. The SMILES string of the molecule is O=C(O)C1CC(c2ccc(Cl)cc2)c2c(Cl)cc(Cl)cc2N1.O=C(O)C1Nc2cc(Cl)cc(Cl)c2C2c3ccccc3CCC12.